The fraction of sp³-hybridized carbons (Fsp3) is 0.333. The number of aldehydes is 1. The first-order valence-corrected chi connectivity index (χ1v) is 8.59. The molecule has 0 amide bonds. The van der Waals surface area contributed by atoms with Gasteiger partial charge < -0.3 is 19.4 Å². The number of carbonyl (C=O) groups is 2. The fourth-order valence-electron chi connectivity index (χ4n) is 3.50. The Bertz CT molecular complexity index is 804. The molecule has 0 bridgehead atoms. The lowest BCUT2D eigenvalue weighted by molar-refractivity contribution is -0.307. The molecule has 0 aromatic heterocycles. The van der Waals surface area contributed by atoms with Crippen molar-refractivity contribution in [3.05, 3.63) is 53.1 Å². The normalized spacial score (nSPS) is 19.3. The van der Waals surface area contributed by atoms with Crippen molar-refractivity contribution in [1.82, 2.24) is 0 Å². The van der Waals surface area contributed by atoms with E-state index in [4.69, 9.17) is 9.47 Å². The van der Waals surface area contributed by atoms with Crippen LogP contribution >= 0.6 is 0 Å². The average molecular weight is 353 g/mol. The van der Waals surface area contributed by atoms with E-state index in [1.165, 1.54) is 0 Å². The van der Waals surface area contributed by atoms with Crippen molar-refractivity contribution < 1.29 is 24.2 Å². The van der Waals surface area contributed by atoms with Crippen LogP contribution in [0.5, 0.6) is 5.75 Å². The molecule has 0 unspecified atom stereocenters. The number of ether oxygens (including phenoxy) is 2. The Labute approximate surface area is 152 Å². The molecule has 5 heteroatoms. The molecule has 1 fully saturated rings. The highest BCUT2D eigenvalue weighted by Gasteiger charge is 2.30. The van der Waals surface area contributed by atoms with Crippen LogP contribution in [-0.4, -0.2) is 31.6 Å². The molecule has 5 nitrogen and oxygen atoms in total. The molecule has 0 spiro atoms. The molecule has 0 saturated carbocycles. The maximum atomic E-state index is 11.0. The molecular weight excluding hydrogens is 332 g/mol. The molecule has 2 atom stereocenters. The molecule has 3 rings (SSSR count). The van der Waals surface area contributed by atoms with Crippen LogP contribution in [0.3, 0.4) is 0 Å². The highest BCUT2D eigenvalue weighted by molar-refractivity contribution is 5.80. The van der Waals surface area contributed by atoms with Crippen LogP contribution in [0.25, 0.3) is 11.1 Å². The van der Waals surface area contributed by atoms with E-state index in [0.717, 1.165) is 28.5 Å². The first-order valence-electron chi connectivity index (χ1n) is 8.59. The summed E-state index contributed by atoms with van der Waals surface area (Å²) in [6.45, 7) is 4.73. The largest absolute Gasteiger partial charge is 0.550 e. The van der Waals surface area contributed by atoms with E-state index < -0.39 is 5.97 Å². The Hall–Kier alpha value is -2.66. The lowest BCUT2D eigenvalue weighted by atomic mass is 9.94. The summed E-state index contributed by atoms with van der Waals surface area (Å²) in [5.74, 6) is -0.606. The number of aliphatic carboxylic acids is 1. The van der Waals surface area contributed by atoms with Crippen molar-refractivity contribution in [3.8, 4) is 16.9 Å². The van der Waals surface area contributed by atoms with Gasteiger partial charge in [0.1, 0.15) is 18.1 Å². The molecule has 1 aliphatic heterocycles. The minimum absolute atomic E-state index is 0.0702. The summed E-state index contributed by atoms with van der Waals surface area (Å²) in [5, 5.41) is 10.9. The SMILES string of the molecule is Cc1cc(O[C@@H]2COC[C@@H]2CC(=O)[O-])cc(C)c1-c1cccc(C=O)c1. The van der Waals surface area contributed by atoms with Gasteiger partial charge in [-0.15, -0.1) is 0 Å². The summed E-state index contributed by atoms with van der Waals surface area (Å²) in [4.78, 5) is 21.9. The van der Waals surface area contributed by atoms with Gasteiger partial charge in [0.25, 0.3) is 0 Å². The van der Waals surface area contributed by atoms with Crippen LogP contribution in [0.2, 0.25) is 0 Å². The third kappa shape index (κ3) is 3.94. The fourth-order valence-corrected chi connectivity index (χ4v) is 3.50. The second kappa shape index (κ2) is 7.70. The number of carbonyl (C=O) groups excluding carboxylic acids is 2. The second-order valence-electron chi connectivity index (χ2n) is 6.71. The number of carboxylic acid groups (broad SMARTS) is 1. The van der Waals surface area contributed by atoms with E-state index in [1.807, 2.05) is 44.2 Å². The van der Waals surface area contributed by atoms with Gasteiger partial charge in [0, 0.05) is 17.5 Å². The maximum Gasteiger partial charge on any atom is 0.150 e. The molecule has 1 saturated heterocycles. The predicted octanol–water partition coefficient (Wildman–Crippen LogP) is 2.32. The molecular formula is C21H21O5-. The average Bonchev–Trinajstić information content (AvgIpc) is 3.00. The number of benzene rings is 2. The van der Waals surface area contributed by atoms with Crippen molar-refractivity contribution in [3.63, 3.8) is 0 Å². The zero-order chi connectivity index (χ0) is 18.7. The van der Waals surface area contributed by atoms with Gasteiger partial charge in [-0.25, -0.2) is 0 Å². The number of rotatable bonds is 6. The Kier molecular flexibility index (Phi) is 5.38. The molecule has 2 aromatic carbocycles. The Morgan fingerprint density at radius 3 is 2.62 bits per heavy atom. The first kappa shape index (κ1) is 18.1. The molecule has 0 N–H and O–H groups in total. The van der Waals surface area contributed by atoms with E-state index >= 15 is 0 Å². The van der Waals surface area contributed by atoms with Gasteiger partial charge in [0.2, 0.25) is 0 Å². The summed E-state index contributed by atoms with van der Waals surface area (Å²) in [5.41, 5.74) is 4.73. The van der Waals surface area contributed by atoms with Crippen molar-refractivity contribution >= 4 is 12.3 Å². The number of aryl methyl sites for hydroxylation is 2. The lowest BCUT2D eigenvalue weighted by Crippen LogP contribution is -2.32. The Morgan fingerprint density at radius 2 is 1.96 bits per heavy atom. The topological polar surface area (TPSA) is 75.7 Å². The zero-order valence-electron chi connectivity index (χ0n) is 14.9. The van der Waals surface area contributed by atoms with Crippen molar-refractivity contribution in [1.29, 1.82) is 0 Å². The van der Waals surface area contributed by atoms with Crippen LogP contribution in [0, 0.1) is 19.8 Å². The summed E-state index contributed by atoms with van der Waals surface area (Å²) >= 11 is 0. The van der Waals surface area contributed by atoms with Crippen LogP contribution in [0.15, 0.2) is 36.4 Å². The van der Waals surface area contributed by atoms with Gasteiger partial charge in [-0.1, -0.05) is 18.2 Å². The smallest absolute Gasteiger partial charge is 0.150 e. The molecule has 1 aliphatic rings. The first-order chi connectivity index (χ1) is 12.5. The zero-order valence-corrected chi connectivity index (χ0v) is 14.9. The van der Waals surface area contributed by atoms with Gasteiger partial charge in [0.15, 0.2) is 0 Å². The highest BCUT2D eigenvalue weighted by atomic mass is 16.5. The minimum Gasteiger partial charge on any atom is -0.550 e. The van der Waals surface area contributed by atoms with Crippen LogP contribution < -0.4 is 9.84 Å². The van der Waals surface area contributed by atoms with Gasteiger partial charge in [-0.05, 0) is 60.7 Å². The monoisotopic (exact) mass is 353 g/mol. The molecule has 26 heavy (non-hydrogen) atoms. The Morgan fingerprint density at radius 1 is 1.23 bits per heavy atom. The highest BCUT2D eigenvalue weighted by Crippen LogP contribution is 2.33. The van der Waals surface area contributed by atoms with E-state index in [0.29, 0.717) is 24.5 Å². The standard InChI is InChI=1S/C21H22O5/c1-13-6-18(26-19-12-25-11-17(19)9-20(23)24)7-14(2)21(13)16-5-3-4-15(8-16)10-22/h3-8,10,17,19H,9,11-12H2,1-2H3,(H,23,24)/p-1/t17-,19+/m0/s1. The Balaban J connectivity index is 1.85. The molecule has 136 valence electrons. The van der Waals surface area contributed by atoms with Crippen molar-refractivity contribution in [2.24, 2.45) is 5.92 Å². The molecule has 1 heterocycles. The van der Waals surface area contributed by atoms with Gasteiger partial charge in [-0.2, -0.15) is 0 Å². The summed E-state index contributed by atoms with van der Waals surface area (Å²) < 4.78 is 11.4. The summed E-state index contributed by atoms with van der Waals surface area (Å²) in [6, 6.07) is 11.3. The molecule has 0 aliphatic carbocycles. The molecule has 2 aromatic rings. The lowest BCUT2D eigenvalue weighted by Gasteiger charge is -2.21. The van der Waals surface area contributed by atoms with Crippen LogP contribution in [0.4, 0.5) is 0 Å². The minimum atomic E-state index is -1.09. The van der Waals surface area contributed by atoms with Gasteiger partial charge in [0.05, 0.1) is 13.2 Å². The van der Waals surface area contributed by atoms with E-state index in [2.05, 4.69) is 0 Å². The predicted molar refractivity (Wildman–Crippen MR) is 95.1 cm³/mol. The number of carboxylic acids is 1. The maximum absolute atomic E-state index is 11.0. The van der Waals surface area contributed by atoms with Crippen molar-refractivity contribution in [2.75, 3.05) is 13.2 Å². The van der Waals surface area contributed by atoms with Crippen LogP contribution in [0.1, 0.15) is 27.9 Å². The summed E-state index contributed by atoms with van der Waals surface area (Å²) in [6.07, 6.45) is 0.471. The third-order valence-corrected chi connectivity index (χ3v) is 4.67. The number of hydrogen-bond donors (Lipinski definition) is 0. The van der Waals surface area contributed by atoms with Gasteiger partial charge in [-0.3, -0.25) is 4.79 Å². The van der Waals surface area contributed by atoms with Gasteiger partial charge >= 0.3 is 0 Å². The molecule has 0 radical (unpaired) electrons. The van der Waals surface area contributed by atoms with E-state index in [-0.39, 0.29) is 18.4 Å². The second-order valence-corrected chi connectivity index (χ2v) is 6.71. The summed E-state index contributed by atoms with van der Waals surface area (Å²) in [7, 11) is 0. The third-order valence-electron chi connectivity index (χ3n) is 4.67. The van der Waals surface area contributed by atoms with E-state index in [1.54, 1.807) is 6.07 Å². The number of hydrogen-bond acceptors (Lipinski definition) is 5. The van der Waals surface area contributed by atoms with E-state index in [9.17, 15) is 14.7 Å². The van der Waals surface area contributed by atoms with Crippen molar-refractivity contribution in [2.45, 2.75) is 26.4 Å². The van der Waals surface area contributed by atoms with Crippen LogP contribution in [-0.2, 0) is 9.53 Å². The quantitative estimate of drug-likeness (QED) is 0.745.